The number of imidazole rings is 1. The number of carbonyl (C=O) groups excluding carboxylic acids is 2. The average molecular weight is 487 g/mol. The van der Waals surface area contributed by atoms with Crippen molar-refractivity contribution in [2.75, 3.05) is 11.9 Å². The van der Waals surface area contributed by atoms with Crippen LogP contribution in [0.3, 0.4) is 0 Å². The summed E-state index contributed by atoms with van der Waals surface area (Å²) in [6.07, 6.45) is 5.01. The molecule has 0 saturated carbocycles. The number of rotatable bonds is 4. The van der Waals surface area contributed by atoms with E-state index in [1.54, 1.807) is 21.7 Å². The third kappa shape index (κ3) is 3.32. The summed E-state index contributed by atoms with van der Waals surface area (Å²) in [5, 5.41) is 3.13. The lowest BCUT2D eigenvalue weighted by Gasteiger charge is -2.29. The van der Waals surface area contributed by atoms with Gasteiger partial charge in [-0.15, -0.1) is 0 Å². The maximum Gasteiger partial charge on any atom is 0.275 e. The van der Waals surface area contributed by atoms with Crippen LogP contribution in [0.15, 0.2) is 36.9 Å². The minimum atomic E-state index is -0.508. The number of benzene rings is 1. The maximum atomic E-state index is 14.7. The fourth-order valence-electron chi connectivity index (χ4n) is 4.88. The Morgan fingerprint density at radius 2 is 1.94 bits per heavy atom. The second kappa shape index (κ2) is 8.11. The molecule has 10 heteroatoms. The highest BCUT2D eigenvalue weighted by atomic mass is 19.1. The van der Waals surface area contributed by atoms with E-state index in [0.717, 1.165) is 22.4 Å². The van der Waals surface area contributed by atoms with E-state index in [2.05, 4.69) is 20.3 Å². The first kappa shape index (κ1) is 22.1. The van der Waals surface area contributed by atoms with Gasteiger partial charge < -0.3 is 15.0 Å². The molecule has 3 aromatic heterocycles. The number of nitrogens with zero attached hydrogens (tertiary/aromatic N) is 5. The number of hydrogen-bond acceptors (Lipinski definition) is 7. The maximum absolute atomic E-state index is 14.7. The van der Waals surface area contributed by atoms with Gasteiger partial charge in [0.2, 0.25) is 11.7 Å². The summed E-state index contributed by atoms with van der Waals surface area (Å²) in [4.78, 5) is 41.2. The Bertz CT molecular complexity index is 1580. The SMILES string of the molecule is Cc1cc2c(cn1)-c1cnc(NCc3c(F)ccc4c3C(=O)CO4)n3cnc(c13)C(=O)N(C(C)C)C2. The van der Waals surface area contributed by atoms with Gasteiger partial charge in [-0.3, -0.25) is 19.0 Å². The van der Waals surface area contributed by atoms with Gasteiger partial charge in [0.15, 0.2) is 12.3 Å². The number of halogens is 1. The first-order chi connectivity index (χ1) is 17.3. The monoisotopic (exact) mass is 486 g/mol. The minimum absolute atomic E-state index is 0.00245. The summed E-state index contributed by atoms with van der Waals surface area (Å²) in [6, 6.07) is 4.69. The highest BCUT2D eigenvalue weighted by Gasteiger charge is 2.31. The molecule has 0 bridgehead atoms. The van der Waals surface area contributed by atoms with Crippen LogP contribution in [0, 0.1) is 12.7 Å². The molecule has 1 amide bonds. The second-order valence-corrected chi connectivity index (χ2v) is 9.28. The zero-order valence-electron chi connectivity index (χ0n) is 20.0. The predicted octanol–water partition coefficient (Wildman–Crippen LogP) is 3.79. The molecule has 0 aliphatic carbocycles. The van der Waals surface area contributed by atoms with Crippen molar-refractivity contribution in [1.82, 2.24) is 24.3 Å². The molecule has 5 heterocycles. The summed E-state index contributed by atoms with van der Waals surface area (Å²) in [6.45, 7) is 6.19. The second-order valence-electron chi connectivity index (χ2n) is 9.28. The fourth-order valence-corrected chi connectivity index (χ4v) is 4.88. The number of nitrogens with one attached hydrogen (secondary N) is 1. The number of carbonyl (C=O) groups is 2. The summed E-state index contributed by atoms with van der Waals surface area (Å²) in [7, 11) is 0. The molecule has 4 aromatic rings. The third-order valence-corrected chi connectivity index (χ3v) is 6.69. The van der Waals surface area contributed by atoms with E-state index in [9.17, 15) is 14.0 Å². The highest BCUT2D eigenvalue weighted by Crippen LogP contribution is 2.35. The highest BCUT2D eigenvalue weighted by molar-refractivity contribution is 6.05. The van der Waals surface area contributed by atoms with Crippen LogP contribution >= 0.6 is 0 Å². The molecule has 0 saturated heterocycles. The summed E-state index contributed by atoms with van der Waals surface area (Å²) in [5.74, 6) is -0.215. The Morgan fingerprint density at radius 1 is 1.14 bits per heavy atom. The van der Waals surface area contributed by atoms with Crippen LogP contribution in [0.5, 0.6) is 5.75 Å². The number of hydrogen-bond donors (Lipinski definition) is 1. The third-order valence-electron chi connectivity index (χ3n) is 6.69. The molecule has 1 aromatic carbocycles. The fraction of sp³-hybridized carbons (Fsp3) is 0.269. The van der Waals surface area contributed by atoms with Crippen molar-refractivity contribution >= 4 is 23.2 Å². The van der Waals surface area contributed by atoms with Crippen molar-refractivity contribution in [1.29, 1.82) is 0 Å². The number of aryl methyl sites for hydroxylation is 1. The largest absolute Gasteiger partial charge is 0.485 e. The number of Topliss-reactive ketones (excluding diaryl/α,β-unsaturated/α-hetero) is 1. The van der Waals surface area contributed by atoms with Crippen molar-refractivity contribution < 1.29 is 18.7 Å². The molecule has 36 heavy (non-hydrogen) atoms. The van der Waals surface area contributed by atoms with E-state index >= 15 is 0 Å². The molecule has 0 spiro atoms. The number of anilines is 1. The molecule has 2 aliphatic heterocycles. The molecule has 9 nitrogen and oxygen atoms in total. The molecular formula is C26H23FN6O3. The van der Waals surface area contributed by atoms with Gasteiger partial charge in [-0.25, -0.2) is 14.4 Å². The zero-order valence-corrected chi connectivity index (χ0v) is 20.0. The van der Waals surface area contributed by atoms with Crippen molar-refractivity contribution in [3.63, 3.8) is 0 Å². The van der Waals surface area contributed by atoms with E-state index < -0.39 is 5.82 Å². The molecule has 0 atom stereocenters. The van der Waals surface area contributed by atoms with Crippen molar-refractivity contribution in [3.05, 3.63) is 70.8 Å². The molecule has 182 valence electrons. The first-order valence-electron chi connectivity index (χ1n) is 11.7. The molecule has 0 unspecified atom stereocenters. The molecule has 0 radical (unpaired) electrons. The average Bonchev–Trinajstić information content (AvgIpc) is 3.45. The van der Waals surface area contributed by atoms with Gasteiger partial charge in [-0.05, 0) is 44.5 Å². The molecule has 1 N–H and O–H groups in total. The molecular weight excluding hydrogens is 463 g/mol. The number of aromatic nitrogens is 4. The lowest BCUT2D eigenvalue weighted by molar-refractivity contribution is 0.0686. The predicted molar refractivity (Wildman–Crippen MR) is 130 cm³/mol. The quantitative estimate of drug-likeness (QED) is 0.468. The van der Waals surface area contributed by atoms with Gasteiger partial charge in [0.25, 0.3) is 5.91 Å². The Hall–Kier alpha value is -4.34. The van der Waals surface area contributed by atoms with Gasteiger partial charge in [-0.2, -0.15) is 0 Å². The summed E-state index contributed by atoms with van der Waals surface area (Å²) < 4.78 is 21.7. The van der Waals surface area contributed by atoms with Crippen LogP contribution in [0.4, 0.5) is 10.3 Å². The van der Waals surface area contributed by atoms with Gasteiger partial charge in [0, 0.05) is 53.9 Å². The van der Waals surface area contributed by atoms with Crippen LogP contribution in [0.25, 0.3) is 16.6 Å². The van der Waals surface area contributed by atoms with Crippen molar-refractivity contribution in [3.8, 4) is 16.9 Å². The Balaban J connectivity index is 1.48. The van der Waals surface area contributed by atoms with E-state index in [4.69, 9.17) is 4.74 Å². The topological polar surface area (TPSA) is 102 Å². The van der Waals surface area contributed by atoms with Crippen molar-refractivity contribution in [2.24, 2.45) is 0 Å². The van der Waals surface area contributed by atoms with Gasteiger partial charge in [-0.1, -0.05) is 0 Å². The smallest absolute Gasteiger partial charge is 0.275 e. The standard InChI is InChI=1S/C26H23FN6O3/c1-13(2)32-10-15-6-14(3)28-7-16(15)17-8-29-26(33-12-31-23(24(17)33)25(32)35)30-9-18-19(27)4-5-21-22(18)20(34)11-36-21/h4-8,12-13H,9-11H2,1-3H3,(H,29,30). The van der Waals surface area contributed by atoms with Gasteiger partial charge in [0.1, 0.15) is 17.9 Å². The Labute approximate surface area is 206 Å². The number of ether oxygens (including phenoxy) is 1. The molecule has 0 fully saturated rings. The Kier molecular flexibility index (Phi) is 4.99. The van der Waals surface area contributed by atoms with Crippen LogP contribution in [0.1, 0.15) is 51.5 Å². The van der Waals surface area contributed by atoms with E-state index in [-0.39, 0.29) is 42.0 Å². The zero-order chi connectivity index (χ0) is 25.1. The minimum Gasteiger partial charge on any atom is -0.485 e. The number of pyridine rings is 1. The van der Waals surface area contributed by atoms with Crippen LogP contribution < -0.4 is 10.1 Å². The van der Waals surface area contributed by atoms with Crippen molar-refractivity contribution in [2.45, 2.75) is 39.9 Å². The summed E-state index contributed by atoms with van der Waals surface area (Å²) in [5.41, 5.74) is 4.80. The number of fused-ring (bicyclic) bond motifs is 3. The van der Waals surface area contributed by atoms with E-state index in [1.807, 2.05) is 26.8 Å². The normalized spacial score (nSPS) is 14.5. The van der Waals surface area contributed by atoms with E-state index in [0.29, 0.717) is 29.5 Å². The van der Waals surface area contributed by atoms with Crippen LogP contribution in [0.2, 0.25) is 0 Å². The van der Waals surface area contributed by atoms with Crippen LogP contribution in [-0.4, -0.2) is 48.6 Å². The van der Waals surface area contributed by atoms with Gasteiger partial charge >= 0.3 is 0 Å². The number of amides is 1. The van der Waals surface area contributed by atoms with Gasteiger partial charge in [0.05, 0.1) is 11.1 Å². The first-order valence-corrected chi connectivity index (χ1v) is 11.7. The van der Waals surface area contributed by atoms with E-state index in [1.165, 1.54) is 18.5 Å². The lowest BCUT2D eigenvalue weighted by Crippen LogP contribution is -2.37. The molecule has 2 aliphatic rings. The number of ketones is 1. The van der Waals surface area contributed by atoms with Crippen LogP contribution in [-0.2, 0) is 13.1 Å². The lowest BCUT2D eigenvalue weighted by atomic mass is 9.98. The molecule has 6 rings (SSSR count). The Morgan fingerprint density at radius 3 is 2.75 bits per heavy atom. The summed E-state index contributed by atoms with van der Waals surface area (Å²) >= 11 is 0.